The summed E-state index contributed by atoms with van der Waals surface area (Å²) in [5.74, 6) is 0.581. The van der Waals surface area contributed by atoms with Crippen LogP contribution in [-0.2, 0) is 6.42 Å². The smallest absolute Gasteiger partial charge is 0.0408 e. The normalized spacial score (nSPS) is 12.7. The average Bonchev–Trinajstić information content (AvgIpc) is 2.46. The summed E-state index contributed by atoms with van der Waals surface area (Å²) in [4.78, 5) is 0. The van der Waals surface area contributed by atoms with Gasteiger partial charge in [0.2, 0.25) is 0 Å². The Morgan fingerprint density at radius 2 is 1.71 bits per heavy atom. The number of nitrogens with one attached hydrogen (secondary N) is 1. The van der Waals surface area contributed by atoms with Crippen molar-refractivity contribution in [2.75, 3.05) is 7.05 Å². The first-order valence-electron chi connectivity index (χ1n) is 7.53. The van der Waals surface area contributed by atoms with Gasteiger partial charge < -0.3 is 5.32 Å². The number of halogens is 1. The topological polar surface area (TPSA) is 12.0 Å². The molecule has 0 aliphatic rings. The summed E-state index contributed by atoms with van der Waals surface area (Å²) < 4.78 is 0. The molecule has 1 nitrogen and oxygen atoms in total. The summed E-state index contributed by atoms with van der Waals surface area (Å²) in [5.41, 5.74) is 5.30. The van der Waals surface area contributed by atoms with E-state index in [1.165, 1.54) is 22.3 Å². The highest BCUT2D eigenvalue weighted by atomic mass is 35.5. The summed E-state index contributed by atoms with van der Waals surface area (Å²) in [6, 6.07) is 15.4. The molecule has 0 fully saturated rings. The second kappa shape index (κ2) is 7.11. The summed E-state index contributed by atoms with van der Waals surface area (Å²) in [6.45, 7) is 6.57. The monoisotopic (exact) mass is 301 g/mol. The van der Waals surface area contributed by atoms with Crippen LogP contribution in [0.2, 0.25) is 5.02 Å². The van der Waals surface area contributed by atoms with Crippen LogP contribution in [0.1, 0.15) is 48.1 Å². The van der Waals surface area contributed by atoms with Gasteiger partial charge in [-0.15, -0.1) is 0 Å². The molecule has 0 saturated heterocycles. The highest BCUT2D eigenvalue weighted by Crippen LogP contribution is 2.25. The number of hydrogen-bond acceptors (Lipinski definition) is 1. The molecule has 1 unspecified atom stereocenters. The number of aryl methyl sites for hydroxylation is 1. The summed E-state index contributed by atoms with van der Waals surface area (Å²) >= 11 is 6.05. The van der Waals surface area contributed by atoms with Crippen LogP contribution < -0.4 is 5.32 Å². The molecule has 0 aromatic heterocycles. The van der Waals surface area contributed by atoms with Crippen molar-refractivity contribution in [2.24, 2.45) is 0 Å². The Hall–Kier alpha value is -1.31. The molecule has 0 saturated carbocycles. The van der Waals surface area contributed by atoms with Crippen molar-refractivity contribution in [3.63, 3.8) is 0 Å². The molecule has 2 rings (SSSR count). The predicted octanol–water partition coefficient (Wildman–Crippen LogP) is 5.28. The zero-order valence-electron chi connectivity index (χ0n) is 13.3. The number of benzene rings is 2. The molecule has 112 valence electrons. The van der Waals surface area contributed by atoms with Gasteiger partial charge in [0, 0.05) is 11.1 Å². The minimum atomic E-state index is 0.312. The Kier molecular flexibility index (Phi) is 5.44. The van der Waals surface area contributed by atoms with E-state index >= 15 is 0 Å². The molecule has 0 spiro atoms. The van der Waals surface area contributed by atoms with Gasteiger partial charge in [-0.1, -0.05) is 55.8 Å². The molecular formula is C19H24ClN. The van der Waals surface area contributed by atoms with Crippen molar-refractivity contribution in [1.29, 1.82) is 0 Å². The van der Waals surface area contributed by atoms with Crippen molar-refractivity contribution < 1.29 is 0 Å². The quantitative estimate of drug-likeness (QED) is 0.792. The molecule has 1 N–H and O–H groups in total. The van der Waals surface area contributed by atoms with E-state index in [1.807, 2.05) is 19.2 Å². The van der Waals surface area contributed by atoms with Gasteiger partial charge in [0.25, 0.3) is 0 Å². The molecule has 2 heteroatoms. The van der Waals surface area contributed by atoms with E-state index in [9.17, 15) is 0 Å². The lowest BCUT2D eigenvalue weighted by Crippen LogP contribution is -2.19. The zero-order chi connectivity index (χ0) is 15.4. The molecule has 0 bridgehead atoms. The van der Waals surface area contributed by atoms with Gasteiger partial charge in [-0.3, -0.25) is 0 Å². The molecule has 2 aromatic carbocycles. The predicted molar refractivity (Wildman–Crippen MR) is 92.2 cm³/mol. The minimum absolute atomic E-state index is 0.312. The molecule has 0 aliphatic heterocycles. The van der Waals surface area contributed by atoms with Crippen molar-refractivity contribution >= 4 is 11.6 Å². The van der Waals surface area contributed by atoms with E-state index in [-0.39, 0.29) is 0 Å². The standard InChI is InChI=1S/C19H24ClN/c1-13(2)16-7-5-15(6-8-16)12-19(21-4)18-10-9-17(20)11-14(18)3/h5-11,13,19,21H,12H2,1-4H3. The maximum atomic E-state index is 6.05. The van der Waals surface area contributed by atoms with E-state index in [1.54, 1.807) is 0 Å². The highest BCUT2D eigenvalue weighted by Gasteiger charge is 2.13. The van der Waals surface area contributed by atoms with Crippen LogP contribution in [0.4, 0.5) is 0 Å². The van der Waals surface area contributed by atoms with E-state index in [4.69, 9.17) is 11.6 Å². The first kappa shape index (κ1) is 16.1. The first-order chi connectivity index (χ1) is 10.0. The molecule has 21 heavy (non-hydrogen) atoms. The second-order valence-electron chi connectivity index (χ2n) is 5.94. The molecular weight excluding hydrogens is 278 g/mol. The van der Waals surface area contributed by atoms with Gasteiger partial charge in [0.1, 0.15) is 0 Å². The van der Waals surface area contributed by atoms with Crippen LogP contribution in [0.25, 0.3) is 0 Å². The lowest BCUT2D eigenvalue weighted by Gasteiger charge is -2.19. The highest BCUT2D eigenvalue weighted by molar-refractivity contribution is 6.30. The van der Waals surface area contributed by atoms with Gasteiger partial charge in [-0.25, -0.2) is 0 Å². The van der Waals surface area contributed by atoms with Crippen LogP contribution in [0.15, 0.2) is 42.5 Å². The SMILES string of the molecule is CNC(Cc1ccc(C(C)C)cc1)c1ccc(Cl)cc1C. The average molecular weight is 302 g/mol. The Balaban J connectivity index is 2.18. The van der Waals surface area contributed by atoms with Crippen molar-refractivity contribution in [3.05, 3.63) is 69.7 Å². The second-order valence-corrected chi connectivity index (χ2v) is 6.38. The van der Waals surface area contributed by atoms with Gasteiger partial charge >= 0.3 is 0 Å². The lowest BCUT2D eigenvalue weighted by molar-refractivity contribution is 0.589. The first-order valence-corrected chi connectivity index (χ1v) is 7.91. The lowest BCUT2D eigenvalue weighted by atomic mass is 9.94. The Morgan fingerprint density at radius 3 is 2.24 bits per heavy atom. The van der Waals surface area contributed by atoms with Crippen LogP contribution in [0.3, 0.4) is 0 Å². The maximum absolute atomic E-state index is 6.05. The molecule has 0 radical (unpaired) electrons. The Bertz CT molecular complexity index is 587. The van der Waals surface area contributed by atoms with E-state index in [2.05, 4.69) is 56.4 Å². The van der Waals surface area contributed by atoms with Crippen molar-refractivity contribution in [1.82, 2.24) is 5.32 Å². The largest absolute Gasteiger partial charge is 0.313 e. The number of likely N-dealkylation sites (N-methyl/N-ethyl adjacent to an activating group) is 1. The van der Waals surface area contributed by atoms with Gasteiger partial charge in [-0.2, -0.15) is 0 Å². The van der Waals surface area contributed by atoms with E-state index in [0.29, 0.717) is 12.0 Å². The van der Waals surface area contributed by atoms with Gasteiger partial charge in [-0.05, 0) is 60.7 Å². The Morgan fingerprint density at radius 1 is 1.05 bits per heavy atom. The molecule has 1 atom stereocenters. The number of hydrogen-bond donors (Lipinski definition) is 1. The van der Waals surface area contributed by atoms with Gasteiger partial charge in [0.15, 0.2) is 0 Å². The van der Waals surface area contributed by atoms with Crippen LogP contribution in [0, 0.1) is 6.92 Å². The van der Waals surface area contributed by atoms with Crippen LogP contribution in [-0.4, -0.2) is 7.05 Å². The summed E-state index contributed by atoms with van der Waals surface area (Å²) in [7, 11) is 2.02. The summed E-state index contributed by atoms with van der Waals surface area (Å²) in [6.07, 6.45) is 0.983. The van der Waals surface area contributed by atoms with Crippen molar-refractivity contribution in [2.45, 2.75) is 39.2 Å². The van der Waals surface area contributed by atoms with Gasteiger partial charge in [0.05, 0.1) is 0 Å². The molecule has 0 amide bonds. The Labute approximate surface area is 133 Å². The molecule has 0 heterocycles. The number of rotatable bonds is 5. The fourth-order valence-corrected chi connectivity index (χ4v) is 2.90. The zero-order valence-corrected chi connectivity index (χ0v) is 14.0. The third-order valence-electron chi connectivity index (χ3n) is 4.04. The maximum Gasteiger partial charge on any atom is 0.0408 e. The third kappa shape index (κ3) is 4.09. The fourth-order valence-electron chi connectivity index (χ4n) is 2.67. The fraction of sp³-hybridized carbons (Fsp3) is 0.368. The third-order valence-corrected chi connectivity index (χ3v) is 4.28. The van der Waals surface area contributed by atoms with E-state index < -0.39 is 0 Å². The van der Waals surface area contributed by atoms with Crippen molar-refractivity contribution in [3.8, 4) is 0 Å². The van der Waals surface area contributed by atoms with Crippen LogP contribution >= 0.6 is 11.6 Å². The molecule has 2 aromatic rings. The molecule has 0 aliphatic carbocycles. The van der Waals surface area contributed by atoms with E-state index in [0.717, 1.165) is 11.4 Å². The summed E-state index contributed by atoms with van der Waals surface area (Å²) in [5, 5.41) is 4.22. The minimum Gasteiger partial charge on any atom is -0.313 e. The van der Waals surface area contributed by atoms with Crippen LogP contribution in [0.5, 0.6) is 0 Å².